The Morgan fingerprint density at radius 1 is 1.14 bits per heavy atom. The number of rotatable bonds is 9. The van der Waals surface area contributed by atoms with E-state index < -0.39 is 22.4 Å². The Bertz CT molecular complexity index is 1300. The van der Waals surface area contributed by atoms with Crippen molar-refractivity contribution in [3.05, 3.63) is 64.2 Å². The Kier molecular flexibility index (Phi) is 8.18. The first kappa shape index (κ1) is 26.6. The number of hydrogen-bond acceptors (Lipinski definition) is 7. The van der Waals surface area contributed by atoms with E-state index in [0.717, 1.165) is 4.88 Å². The van der Waals surface area contributed by atoms with E-state index in [9.17, 15) is 26.4 Å². The molecule has 0 spiro atoms. The maximum atomic E-state index is 12.8. The summed E-state index contributed by atoms with van der Waals surface area (Å²) in [4.78, 5) is 17.3. The van der Waals surface area contributed by atoms with Crippen molar-refractivity contribution in [2.75, 3.05) is 13.7 Å². The van der Waals surface area contributed by atoms with Crippen molar-refractivity contribution in [2.24, 2.45) is 0 Å². The summed E-state index contributed by atoms with van der Waals surface area (Å²) in [6.45, 7) is 3.75. The number of nitrogens with zero attached hydrogens (tertiary/aromatic N) is 1. The number of methoxy groups -OCH3 is 1. The average Bonchev–Trinajstić information content (AvgIpc) is 3.17. The number of alkyl halides is 3. The molecule has 7 nitrogen and oxygen atoms in total. The van der Waals surface area contributed by atoms with Gasteiger partial charge in [-0.15, -0.1) is 24.5 Å². The van der Waals surface area contributed by atoms with Gasteiger partial charge in [-0.05, 0) is 55.3 Å². The zero-order valence-electron chi connectivity index (χ0n) is 19.1. The number of carbonyl (C=O) groups excluding carboxylic acids is 1. The van der Waals surface area contributed by atoms with Gasteiger partial charge in [-0.1, -0.05) is 13.0 Å². The Labute approximate surface area is 205 Å². The molecule has 12 heteroatoms. The topological polar surface area (TPSA) is 94.6 Å². The molecule has 0 saturated heterocycles. The van der Waals surface area contributed by atoms with Gasteiger partial charge in [0.05, 0.1) is 23.3 Å². The van der Waals surface area contributed by atoms with Gasteiger partial charge in [0.15, 0.2) is 0 Å². The van der Waals surface area contributed by atoms with Gasteiger partial charge < -0.3 is 9.47 Å². The molecule has 188 valence electrons. The first-order valence-corrected chi connectivity index (χ1v) is 12.8. The summed E-state index contributed by atoms with van der Waals surface area (Å²) >= 11 is 1.35. The Hall–Kier alpha value is -2.96. The van der Waals surface area contributed by atoms with E-state index in [4.69, 9.17) is 4.74 Å². The molecule has 1 heterocycles. The molecule has 0 unspecified atom stereocenters. The fourth-order valence-electron chi connectivity index (χ4n) is 3.30. The van der Waals surface area contributed by atoms with Crippen LogP contribution in [-0.2, 0) is 27.6 Å². The summed E-state index contributed by atoms with van der Waals surface area (Å²) in [5.74, 6) is -0.936. The number of esters is 1. The number of benzene rings is 2. The predicted octanol–water partition coefficient (Wildman–Crippen LogP) is 4.89. The summed E-state index contributed by atoms with van der Waals surface area (Å²) in [5, 5.41) is 0.594. The largest absolute Gasteiger partial charge is 0.573 e. The van der Waals surface area contributed by atoms with Crippen molar-refractivity contribution in [1.82, 2.24) is 9.71 Å². The lowest BCUT2D eigenvalue weighted by Crippen LogP contribution is -2.26. The molecule has 1 N–H and O–H groups in total. The number of carbonyl (C=O) groups is 1. The highest BCUT2D eigenvalue weighted by Crippen LogP contribution is 2.30. The quantitative estimate of drug-likeness (QED) is 0.398. The third kappa shape index (κ3) is 6.80. The number of aryl methyl sites for hydroxylation is 2. The SMILES string of the molecule is CCc1ccc(S(=O)(=O)NCCc2nc(-c3ccc(OC(F)(F)F)cc3)sc2C)cc1C(=O)OC. The van der Waals surface area contributed by atoms with E-state index in [1.54, 1.807) is 6.07 Å². The molecule has 0 atom stereocenters. The van der Waals surface area contributed by atoms with Crippen molar-refractivity contribution >= 4 is 27.3 Å². The van der Waals surface area contributed by atoms with E-state index in [-0.39, 0.29) is 22.8 Å². The molecular formula is C23H23F3N2O5S2. The summed E-state index contributed by atoms with van der Waals surface area (Å²) in [6.07, 6.45) is -3.92. The van der Waals surface area contributed by atoms with Crippen molar-refractivity contribution in [2.45, 2.75) is 37.9 Å². The molecule has 2 aromatic carbocycles. The van der Waals surface area contributed by atoms with Gasteiger partial charge in [0, 0.05) is 23.4 Å². The zero-order chi connectivity index (χ0) is 25.8. The van der Waals surface area contributed by atoms with Gasteiger partial charge in [0.2, 0.25) is 10.0 Å². The second-order valence-electron chi connectivity index (χ2n) is 7.41. The summed E-state index contributed by atoms with van der Waals surface area (Å²) in [7, 11) is -2.65. The third-order valence-corrected chi connectivity index (χ3v) is 7.58. The van der Waals surface area contributed by atoms with E-state index in [1.165, 1.54) is 54.8 Å². The van der Waals surface area contributed by atoms with Crippen molar-refractivity contribution in [3.8, 4) is 16.3 Å². The van der Waals surface area contributed by atoms with Crippen LogP contribution in [-0.4, -0.2) is 39.4 Å². The molecule has 1 aromatic heterocycles. The minimum atomic E-state index is -4.77. The Morgan fingerprint density at radius 2 is 1.83 bits per heavy atom. The van der Waals surface area contributed by atoms with Crippen molar-refractivity contribution in [1.29, 1.82) is 0 Å². The van der Waals surface area contributed by atoms with Crippen LogP contribution in [0.5, 0.6) is 5.75 Å². The standard InChI is InChI=1S/C23H23F3N2O5S2/c1-4-15-7-10-18(13-19(15)22(29)32-3)35(30,31)27-12-11-20-14(2)34-21(28-20)16-5-8-17(9-6-16)33-23(24,25)26/h5-10,13,27H,4,11-12H2,1-3H3. The maximum absolute atomic E-state index is 12.8. The highest BCUT2D eigenvalue weighted by Gasteiger charge is 2.31. The molecule has 35 heavy (non-hydrogen) atoms. The number of aromatic nitrogens is 1. The molecule has 0 fully saturated rings. The van der Waals surface area contributed by atoms with Gasteiger partial charge in [-0.25, -0.2) is 22.9 Å². The summed E-state index contributed by atoms with van der Waals surface area (Å²) in [5.41, 5.74) is 2.16. The molecular weight excluding hydrogens is 505 g/mol. The maximum Gasteiger partial charge on any atom is 0.573 e. The smallest absolute Gasteiger partial charge is 0.465 e. The lowest BCUT2D eigenvalue weighted by Gasteiger charge is -2.10. The van der Waals surface area contributed by atoms with Crippen LogP contribution in [0.2, 0.25) is 0 Å². The Morgan fingerprint density at radius 3 is 2.43 bits per heavy atom. The molecule has 0 saturated carbocycles. The zero-order valence-corrected chi connectivity index (χ0v) is 20.7. The molecule has 3 rings (SSSR count). The lowest BCUT2D eigenvalue weighted by atomic mass is 10.1. The summed E-state index contributed by atoms with van der Waals surface area (Å²) < 4.78 is 73.7. The van der Waals surface area contributed by atoms with Crippen molar-refractivity contribution < 1.29 is 35.9 Å². The van der Waals surface area contributed by atoms with E-state index >= 15 is 0 Å². The normalized spacial score (nSPS) is 11.9. The average molecular weight is 529 g/mol. The molecule has 3 aromatic rings. The molecule has 0 aliphatic carbocycles. The third-order valence-electron chi connectivity index (χ3n) is 5.06. The van der Waals surface area contributed by atoms with Gasteiger partial charge >= 0.3 is 12.3 Å². The number of nitrogens with one attached hydrogen (secondary N) is 1. The number of halogens is 3. The number of ether oxygens (including phenoxy) is 2. The minimum absolute atomic E-state index is 0.0491. The van der Waals surface area contributed by atoms with Crippen LogP contribution in [0.25, 0.3) is 10.6 Å². The second kappa shape index (κ2) is 10.8. The van der Waals surface area contributed by atoms with Crippen molar-refractivity contribution in [3.63, 3.8) is 0 Å². The van der Waals surface area contributed by atoms with E-state index in [2.05, 4.69) is 14.4 Å². The molecule has 0 amide bonds. The van der Waals surface area contributed by atoms with Gasteiger partial charge in [0.1, 0.15) is 10.8 Å². The first-order chi connectivity index (χ1) is 16.4. The van der Waals surface area contributed by atoms with Gasteiger partial charge in [-0.2, -0.15) is 0 Å². The molecule has 0 aliphatic rings. The van der Waals surface area contributed by atoms with E-state index in [0.29, 0.717) is 34.7 Å². The fraction of sp³-hybridized carbons (Fsp3) is 0.304. The minimum Gasteiger partial charge on any atom is -0.465 e. The van der Waals surface area contributed by atoms with Crippen LogP contribution in [0, 0.1) is 6.92 Å². The van der Waals surface area contributed by atoms with Gasteiger partial charge in [-0.3, -0.25) is 0 Å². The highest BCUT2D eigenvalue weighted by atomic mass is 32.2. The fourth-order valence-corrected chi connectivity index (χ4v) is 5.32. The van der Waals surface area contributed by atoms with Crippen LogP contribution in [0.3, 0.4) is 0 Å². The summed E-state index contributed by atoms with van der Waals surface area (Å²) in [6, 6.07) is 9.69. The molecule has 0 bridgehead atoms. The lowest BCUT2D eigenvalue weighted by molar-refractivity contribution is -0.274. The molecule has 0 radical (unpaired) electrons. The second-order valence-corrected chi connectivity index (χ2v) is 10.4. The number of sulfonamides is 1. The number of thiazole rings is 1. The number of hydrogen-bond donors (Lipinski definition) is 1. The monoisotopic (exact) mass is 528 g/mol. The highest BCUT2D eigenvalue weighted by molar-refractivity contribution is 7.89. The predicted molar refractivity (Wildman–Crippen MR) is 125 cm³/mol. The van der Waals surface area contributed by atoms with Crippen LogP contribution in [0.1, 0.15) is 33.4 Å². The van der Waals surface area contributed by atoms with Crippen LogP contribution in [0.15, 0.2) is 47.4 Å². The van der Waals surface area contributed by atoms with Gasteiger partial charge in [0.25, 0.3) is 0 Å². The Balaban J connectivity index is 1.68. The van der Waals surface area contributed by atoms with Crippen LogP contribution < -0.4 is 9.46 Å². The first-order valence-electron chi connectivity index (χ1n) is 10.5. The van der Waals surface area contributed by atoms with Crippen LogP contribution >= 0.6 is 11.3 Å². The van der Waals surface area contributed by atoms with E-state index in [1.807, 2.05) is 13.8 Å². The van der Waals surface area contributed by atoms with Crippen LogP contribution in [0.4, 0.5) is 13.2 Å². The molecule has 0 aliphatic heterocycles.